The van der Waals surface area contributed by atoms with Gasteiger partial charge in [0.25, 0.3) is 0 Å². The van der Waals surface area contributed by atoms with Crippen molar-refractivity contribution in [3.8, 4) is 0 Å². The minimum absolute atomic E-state index is 0.406. The highest BCUT2D eigenvalue weighted by Crippen LogP contribution is 2.19. The SMILES string of the molecule is CCC(CC)C(=N)/C=C(\NC(C)C)C(CC)CC. The molecule has 18 heavy (non-hydrogen) atoms. The number of nitrogens with one attached hydrogen (secondary N) is 2. The molecule has 0 aromatic heterocycles. The summed E-state index contributed by atoms with van der Waals surface area (Å²) in [5, 5.41) is 11.8. The van der Waals surface area contributed by atoms with E-state index in [0.717, 1.165) is 31.4 Å². The predicted octanol–water partition coefficient (Wildman–Crippen LogP) is 4.76. The molecule has 0 aliphatic rings. The normalized spacial score (nSPS) is 12.6. The third kappa shape index (κ3) is 5.70. The Kier molecular flexibility index (Phi) is 8.78. The van der Waals surface area contributed by atoms with Gasteiger partial charge in [-0.25, -0.2) is 0 Å². The molecule has 0 spiro atoms. The maximum Gasteiger partial charge on any atom is 0.0361 e. The fourth-order valence-electron chi connectivity index (χ4n) is 2.35. The van der Waals surface area contributed by atoms with Gasteiger partial charge in [0.2, 0.25) is 0 Å². The lowest BCUT2D eigenvalue weighted by molar-refractivity contribution is 0.501. The van der Waals surface area contributed by atoms with Crippen molar-refractivity contribution in [2.45, 2.75) is 73.3 Å². The molecular formula is C16H32N2. The molecule has 0 unspecified atom stereocenters. The van der Waals surface area contributed by atoms with Crippen molar-refractivity contribution in [1.29, 1.82) is 5.41 Å². The highest BCUT2D eigenvalue weighted by Gasteiger charge is 2.14. The molecule has 0 aromatic rings. The predicted molar refractivity (Wildman–Crippen MR) is 82.2 cm³/mol. The lowest BCUT2D eigenvalue weighted by atomic mass is 9.92. The Hall–Kier alpha value is -0.790. The summed E-state index contributed by atoms with van der Waals surface area (Å²) in [6.45, 7) is 13.1. The molecule has 0 aliphatic carbocycles. The molecule has 0 saturated heterocycles. The monoisotopic (exact) mass is 252 g/mol. The first kappa shape index (κ1) is 17.2. The van der Waals surface area contributed by atoms with E-state index in [1.807, 2.05) is 0 Å². The summed E-state index contributed by atoms with van der Waals surface area (Å²) in [6, 6.07) is 0.436. The molecule has 0 aliphatic heterocycles. The lowest BCUT2D eigenvalue weighted by Gasteiger charge is -2.23. The van der Waals surface area contributed by atoms with Gasteiger partial charge in [0, 0.05) is 23.4 Å². The lowest BCUT2D eigenvalue weighted by Crippen LogP contribution is -2.28. The summed E-state index contributed by atoms with van der Waals surface area (Å²) < 4.78 is 0. The van der Waals surface area contributed by atoms with Crippen LogP contribution in [0.3, 0.4) is 0 Å². The fraction of sp³-hybridized carbons (Fsp3) is 0.812. The Balaban J connectivity index is 4.98. The van der Waals surface area contributed by atoms with Crippen LogP contribution in [0.15, 0.2) is 11.8 Å². The molecule has 2 heteroatoms. The zero-order valence-electron chi connectivity index (χ0n) is 13.1. The van der Waals surface area contributed by atoms with Crippen LogP contribution in [0.2, 0.25) is 0 Å². The zero-order chi connectivity index (χ0) is 14.1. The van der Waals surface area contributed by atoms with Gasteiger partial charge in [-0.15, -0.1) is 0 Å². The number of rotatable bonds is 9. The van der Waals surface area contributed by atoms with Gasteiger partial charge in [0.1, 0.15) is 0 Å². The molecule has 0 radical (unpaired) electrons. The highest BCUT2D eigenvalue weighted by molar-refractivity contribution is 5.94. The van der Waals surface area contributed by atoms with Crippen LogP contribution in [0, 0.1) is 17.2 Å². The first-order valence-corrected chi connectivity index (χ1v) is 7.56. The quantitative estimate of drug-likeness (QED) is 0.570. The van der Waals surface area contributed by atoms with Crippen molar-refractivity contribution in [3.05, 3.63) is 11.8 Å². The van der Waals surface area contributed by atoms with E-state index in [2.05, 4.69) is 52.9 Å². The molecule has 0 saturated carbocycles. The fourth-order valence-corrected chi connectivity index (χ4v) is 2.35. The van der Waals surface area contributed by atoms with E-state index in [4.69, 9.17) is 5.41 Å². The molecule has 0 bridgehead atoms. The summed E-state index contributed by atoms with van der Waals surface area (Å²) in [4.78, 5) is 0. The summed E-state index contributed by atoms with van der Waals surface area (Å²) in [5.41, 5.74) is 2.04. The van der Waals surface area contributed by atoms with Gasteiger partial charge in [0.05, 0.1) is 0 Å². The number of hydrogen-bond donors (Lipinski definition) is 2. The van der Waals surface area contributed by atoms with Gasteiger partial charge >= 0.3 is 0 Å². The topological polar surface area (TPSA) is 35.9 Å². The number of hydrogen-bond acceptors (Lipinski definition) is 2. The standard InChI is InChI=1S/C16H32N2/c1-7-13(8-2)15(17)11-16(18-12(5)6)14(9-3)10-4/h11-14,17-18H,7-10H2,1-6H3/b16-11-,17-15?. The van der Waals surface area contributed by atoms with E-state index in [9.17, 15) is 0 Å². The van der Waals surface area contributed by atoms with E-state index in [1.54, 1.807) is 0 Å². The van der Waals surface area contributed by atoms with Crippen molar-refractivity contribution in [2.24, 2.45) is 11.8 Å². The van der Waals surface area contributed by atoms with Gasteiger partial charge in [-0.1, -0.05) is 27.7 Å². The van der Waals surface area contributed by atoms with Crippen molar-refractivity contribution in [1.82, 2.24) is 5.32 Å². The van der Waals surface area contributed by atoms with Crippen LogP contribution in [-0.4, -0.2) is 11.8 Å². The van der Waals surface area contributed by atoms with Gasteiger partial charge in [-0.2, -0.15) is 0 Å². The highest BCUT2D eigenvalue weighted by atomic mass is 14.9. The smallest absolute Gasteiger partial charge is 0.0361 e. The third-order valence-corrected chi connectivity index (χ3v) is 3.62. The average molecular weight is 252 g/mol. The zero-order valence-corrected chi connectivity index (χ0v) is 13.1. The van der Waals surface area contributed by atoms with Gasteiger partial charge < -0.3 is 10.7 Å². The molecule has 0 rings (SSSR count). The van der Waals surface area contributed by atoms with E-state index in [-0.39, 0.29) is 0 Å². The molecule has 2 nitrogen and oxygen atoms in total. The molecular weight excluding hydrogens is 220 g/mol. The Bertz CT molecular complexity index is 258. The minimum Gasteiger partial charge on any atom is -0.386 e. The first-order chi connectivity index (χ1) is 8.49. The van der Waals surface area contributed by atoms with Crippen molar-refractivity contribution >= 4 is 5.71 Å². The van der Waals surface area contributed by atoms with Gasteiger partial charge in [0.15, 0.2) is 0 Å². The van der Waals surface area contributed by atoms with Crippen LogP contribution in [0.5, 0.6) is 0 Å². The van der Waals surface area contributed by atoms with Crippen molar-refractivity contribution in [2.75, 3.05) is 0 Å². The van der Waals surface area contributed by atoms with E-state index in [0.29, 0.717) is 17.9 Å². The van der Waals surface area contributed by atoms with Crippen LogP contribution >= 0.6 is 0 Å². The van der Waals surface area contributed by atoms with Gasteiger partial charge in [-0.3, -0.25) is 0 Å². The molecule has 0 fully saturated rings. The van der Waals surface area contributed by atoms with Gasteiger partial charge in [-0.05, 0) is 51.5 Å². The Morgan fingerprint density at radius 2 is 1.39 bits per heavy atom. The second kappa shape index (κ2) is 9.18. The second-order valence-electron chi connectivity index (χ2n) is 5.38. The van der Waals surface area contributed by atoms with E-state index in [1.165, 1.54) is 5.70 Å². The molecule has 2 N–H and O–H groups in total. The summed E-state index contributed by atoms with van der Waals surface area (Å²) in [7, 11) is 0. The van der Waals surface area contributed by atoms with E-state index >= 15 is 0 Å². The maximum absolute atomic E-state index is 8.25. The summed E-state index contributed by atoms with van der Waals surface area (Å²) >= 11 is 0. The van der Waals surface area contributed by atoms with Crippen LogP contribution in [0.1, 0.15) is 67.2 Å². The van der Waals surface area contributed by atoms with E-state index < -0.39 is 0 Å². The summed E-state index contributed by atoms with van der Waals surface area (Å²) in [6.07, 6.45) is 6.49. The Morgan fingerprint density at radius 1 is 0.944 bits per heavy atom. The van der Waals surface area contributed by atoms with Crippen LogP contribution in [-0.2, 0) is 0 Å². The second-order valence-corrected chi connectivity index (χ2v) is 5.38. The Labute approximate surface area is 114 Å². The molecule has 0 aromatic carbocycles. The largest absolute Gasteiger partial charge is 0.386 e. The summed E-state index contributed by atoms with van der Waals surface area (Å²) in [5.74, 6) is 0.963. The van der Waals surface area contributed by atoms with Crippen LogP contribution in [0.25, 0.3) is 0 Å². The molecule has 0 atom stereocenters. The van der Waals surface area contributed by atoms with Crippen molar-refractivity contribution in [3.63, 3.8) is 0 Å². The first-order valence-electron chi connectivity index (χ1n) is 7.56. The third-order valence-electron chi connectivity index (χ3n) is 3.62. The van der Waals surface area contributed by atoms with Crippen molar-refractivity contribution < 1.29 is 0 Å². The minimum atomic E-state index is 0.406. The maximum atomic E-state index is 8.25. The number of allylic oxidation sites excluding steroid dienone is 2. The Morgan fingerprint density at radius 3 is 1.72 bits per heavy atom. The molecule has 106 valence electrons. The molecule has 0 amide bonds. The average Bonchev–Trinajstić information content (AvgIpc) is 2.31. The van der Waals surface area contributed by atoms with Crippen LogP contribution in [0.4, 0.5) is 0 Å². The van der Waals surface area contributed by atoms with Crippen LogP contribution < -0.4 is 5.32 Å². The molecule has 0 heterocycles.